The molecular weight excluding hydrogens is 244 g/mol. The summed E-state index contributed by atoms with van der Waals surface area (Å²) in [5, 5.41) is 3.01. The fourth-order valence-electron chi connectivity index (χ4n) is 2.20. The van der Waals surface area contributed by atoms with Crippen molar-refractivity contribution >= 4 is 5.91 Å². The summed E-state index contributed by atoms with van der Waals surface area (Å²) in [4.78, 5) is 22.2. The monoisotopic (exact) mass is 264 g/mol. The summed E-state index contributed by atoms with van der Waals surface area (Å²) in [6.45, 7) is 3.71. The molecule has 0 aromatic carbocycles. The van der Waals surface area contributed by atoms with Crippen LogP contribution in [0.4, 0.5) is 0 Å². The lowest BCUT2D eigenvalue weighted by Gasteiger charge is -2.31. The number of carbonyl (C=O) groups is 1. The van der Waals surface area contributed by atoms with E-state index in [0.29, 0.717) is 5.69 Å². The lowest BCUT2D eigenvalue weighted by molar-refractivity contribution is 0.0887. The minimum Gasteiger partial charge on any atom is -0.383 e. The molecule has 6 nitrogen and oxygen atoms in total. The molecule has 1 saturated heterocycles. The Morgan fingerprint density at radius 2 is 2.26 bits per heavy atom. The minimum absolute atomic E-state index is 0.136. The predicted octanol–water partition coefficient (Wildman–Crippen LogP) is 0.317. The van der Waals surface area contributed by atoms with Crippen LogP contribution in [0.1, 0.15) is 23.3 Å². The lowest BCUT2D eigenvalue weighted by atomic mass is 10.0. The van der Waals surface area contributed by atoms with Gasteiger partial charge in [-0.05, 0) is 12.8 Å². The number of nitrogens with one attached hydrogen (secondary N) is 1. The Kier molecular flexibility index (Phi) is 5.23. The SMILES string of the molecule is COCCN1CCC(NC(=O)c2cnccn2)CC1. The summed E-state index contributed by atoms with van der Waals surface area (Å²) in [5.74, 6) is -0.136. The van der Waals surface area contributed by atoms with E-state index in [1.165, 1.54) is 12.4 Å². The van der Waals surface area contributed by atoms with E-state index >= 15 is 0 Å². The van der Waals surface area contributed by atoms with Crippen LogP contribution in [-0.4, -0.2) is 60.2 Å². The second-order valence-corrected chi connectivity index (χ2v) is 4.67. The van der Waals surface area contributed by atoms with Gasteiger partial charge in [-0.2, -0.15) is 0 Å². The van der Waals surface area contributed by atoms with Gasteiger partial charge in [0.25, 0.3) is 5.91 Å². The third kappa shape index (κ3) is 4.25. The van der Waals surface area contributed by atoms with Crippen LogP contribution in [0.5, 0.6) is 0 Å². The van der Waals surface area contributed by atoms with Crippen LogP contribution < -0.4 is 5.32 Å². The summed E-state index contributed by atoms with van der Waals surface area (Å²) >= 11 is 0. The fraction of sp³-hybridized carbons (Fsp3) is 0.615. The highest BCUT2D eigenvalue weighted by molar-refractivity contribution is 5.92. The minimum atomic E-state index is -0.136. The summed E-state index contributed by atoms with van der Waals surface area (Å²) < 4.78 is 5.07. The summed E-state index contributed by atoms with van der Waals surface area (Å²) in [6, 6.07) is 0.230. The molecule has 19 heavy (non-hydrogen) atoms. The van der Waals surface area contributed by atoms with Crippen LogP contribution in [0, 0.1) is 0 Å². The first-order chi connectivity index (χ1) is 9.29. The summed E-state index contributed by atoms with van der Waals surface area (Å²) in [6.07, 6.45) is 6.52. The van der Waals surface area contributed by atoms with Crippen molar-refractivity contribution in [2.45, 2.75) is 18.9 Å². The molecule has 0 aliphatic carbocycles. The molecule has 1 aliphatic heterocycles. The number of aromatic nitrogens is 2. The van der Waals surface area contributed by atoms with E-state index in [1.807, 2.05) is 0 Å². The molecule has 104 valence electrons. The molecule has 0 unspecified atom stereocenters. The van der Waals surface area contributed by atoms with Crippen molar-refractivity contribution in [1.29, 1.82) is 0 Å². The Morgan fingerprint density at radius 3 is 2.89 bits per heavy atom. The highest BCUT2D eigenvalue weighted by atomic mass is 16.5. The van der Waals surface area contributed by atoms with Gasteiger partial charge in [-0.3, -0.25) is 9.78 Å². The molecule has 1 fully saturated rings. The second-order valence-electron chi connectivity index (χ2n) is 4.67. The van der Waals surface area contributed by atoms with Crippen molar-refractivity contribution in [1.82, 2.24) is 20.2 Å². The maximum absolute atomic E-state index is 11.9. The number of amides is 1. The van der Waals surface area contributed by atoms with Crippen molar-refractivity contribution in [3.8, 4) is 0 Å². The maximum Gasteiger partial charge on any atom is 0.271 e. The number of rotatable bonds is 5. The van der Waals surface area contributed by atoms with Gasteiger partial charge in [0.2, 0.25) is 0 Å². The first-order valence-electron chi connectivity index (χ1n) is 6.58. The molecule has 0 saturated carbocycles. The number of methoxy groups -OCH3 is 1. The standard InChI is InChI=1S/C13H20N4O2/c1-19-9-8-17-6-2-11(3-7-17)16-13(18)12-10-14-4-5-15-12/h4-5,10-11H,2-3,6-9H2,1H3,(H,16,18). The number of hydrogen-bond acceptors (Lipinski definition) is 5. The molecule has 0 spiro atoms. The Bertz CT molecular complexity index is 391. The Morgan fingerprint density at radius 1 is 1.47 bits per heavy atom. The summed E-state index contributed by atoms with van der Waals surface area (Å²) in [7, 11) is 1.72. The number of piperidine rings is 1. The van der Waals surface area contributed by atoms with Gasteiger partial charge in [0, 0.05) is 45.2 Å². The molecule has 0 bridgehead atoms. The third-order valence-corrected chi connectivity index (χ3v) is 3.33. The number of likely N-dealkylation sites (tertiary alicyclic amines) is 1. The van der Waals surface area contributed by atoms with Gasteiger partial charge >= 0.3 is 0 Å². The lowest BCUT2D eigenvalue weighted by Crippen LogP contribution is -2.45. The zero-order chi connectivity index (χ0) is 13.5. The van der Waals surface area contributed by atoms with Crippen LogP contribution >= 0.6 is 0 Å². The van der Waals surface area contributed by atoms with Crippen molar-refractivity contribution in [3.05, 3.63) is 24.3 Å². The molecular formula is C13H20N4O2. The topological polar surface area (TPSA) is 67.3 Å². The quantitative estimate of drug-likeness (QED) is 0.829. The smallest absolute Gasteiger partial charge is 0.271 e. The average Bonchev–Trinajstić information content (AvgIpc) is 2.47. The third-order valence-electron chi connectivity index (χ3n) is 3.33. The Labute approximate surface area is 113 Å². The van der Waals surface area contributed by atoms with E-state index in [-0.39, 0.29) is 11.9 Å². The van der Waals surface area contributed by atoms with Gasteiger partial charge in [0.15, 0.2) is 0 Å². The molecule has 1 aromatic rings. The van der Waals surface area contributed by atoms with E-state index in [2.05, 4.69) is 20.2 Å². The van der Waals surface area contributed by atoms with E-state index in [9.17, 15) is 4.79 Å². The zero-order valence-electron chi connectivity index (χ0n) is 11.2. The maximum atomic E-state index is 11.9. The first-order valence-corrected chi connectivity index (χ1v) is 6.58. The van der Waals surface area contributed by atoms with Gasteiger partial charge < -0.3 is 15.0 Å². The van der Waals surface area contributed by atoms with E-state index in [1.54, 1.807) is 13.3 Å². The van der Waals surface area contributed by atoms with Crippen LogP contribution in [-0.2, 0) is 4.74 Å². The van der Waals surface area contributed by atoms with Crippen molar-refractivity contribution in [2.75, 3.05) is 33.4 Å². The molecule has 1 N–H and O–H groups in total. The average molecular weight is 264 g/mol. The Balaban J connectivity index is 1.75. The fourth-order valence-corrected chi connectivity index (χ4v) is 2.20. The highest BCUT2D eigenvalue weighted by Gasteiger charge is 2.21. The van der Waals surface area contributed by atoms with E-state index in [4.69, 9.17) is 4.74 Å². The van der Waals surface area contributed by atoms with Crippen LogP contribution in [0.25, 0.3) is 0 Å². The molecule has 2 rings (SSSR count). The van der Waals surface area contributed by atoms with Crippen molar-refractivity contribution in [3.63, 3.8) is 0 Å². The van der Waals surface area contributed by atoms with Crippen molar-refractivity contribution in [2.24, 2.45) is 0 Å². The molecule has 6 heteroatoms. The number of hydrogen-bond donors (Lipinski definition) is 1. The molecule has 0 radical (unpaired) electrons. The number of carbonyl (C=O) groups excluding carboxylic acids is 1. The number of nitrogens with zero attached hydrogens (tertiary/aromatic N) is 3. The van der Waals surface area contributed by atoms with Gasteiger partial charge in [0.05, 0.1) is 12.8 Å². The Hall–Kier alpha value is -1.53. The molecule has 0 atom stereocenters. The van der Waals surface area contributed by atoms with E-state index < -0.39 is 0 Å². The molecule has 1 aromatic heterocycles. The predicted molar refractivity (Wildman–Crippen MR) is 70.8 cm³/mol. The zero-order valence-corrected chi connectivity index (χ0v) is 11.2. The summed E-state index contributed by atoms with van der Waals surface area (Å²) in [5.41, 5.74) is 0.379. The molecule has 2 heterocycles. The van der Waals surface area contributed by atoms with E-state index in [0.717, 1.165) is 39.1 Å². The number of ether oxygens (including phenoxy) is 1. The van der Waals surface area contributed by atoms with Gasteiger partial charge in [-0.1, -0.05) is 0 Å². The van der Waals surface area contributed by atoms with Gasteiger partial charge in [-0.15, -0.1) is 0 Å². The van der Waals surface area contributed by atoms with Crippen LogP contribution in [0.3, 0.4) is 0 Å². The molecule has 1 aliphatic rings. The van der Waals surface area contributed by atoms with Gasteiger partial charge in [0.1, 0.15) is 5.69 Å². The van der Waals surface area contributed by atoms with Crippen LogP contribution in [0.2, 0.25) is 0 Å². The highest BCUT2D eigenvalue weighted by Crippen LogP contribution is 2.10. The molecule has 1 amide bonds. The second kappa shape index (κ2) is 7.16. The largest absolute Gasteiger partial charge is 0.383 e. The van der Waals surface area contributed by atoms with Crippen molar-refractivity contribution < 1.29 is 9.53 Å². The van der Waals surface area contributed by atoms with Gasteiger partial charge in [-0.25, -0.2) is 4.98 Å². The first kappa shape index (κ1) is 13.9. The van der Waals surface area contributed by atoms with Crippen LogP contribution in [0.15, 0.2) is 18.6 Å². The normalized spacial score (nSPS) is 17.3.